The third-order valence-corrected chi connectivity index (χ3v) is 3.79. The van der Waals surface area contributed by atoms with E-state index in [-0.39, 0.29) is 0 Å². The summed E-state index contributed by atoms with van der Waals surface area (Å²) < 4.78 is 0. The molecule has 2 aromatic rings. The molecule has 0 amide bonds. The first-order chi connectivity index (χ1) is 8.93. The predicted octanol–water partition coefficient (Wildman–Crippen LogP) is 3.16. The van der Waals surface area contributed by atoms with Crippen molar-refractivity contribution in [3.63, 3.8) is 0 Å². The van der Waals surface area contributed by atoms with E-state index in [4.69, 9.17) is 0 Å². The highest BCUT2D eigenvalue weighted by Crippen LogP contribution is 2.33. The van der Waals surface area contributed by atoms with Crippen LogP contribution in [-0.4, -0.2) is 13.1 Å². The predicted molar refractivity (Wildman–Crippen MR) is 75.9 cm³/mol. The van der Waals surface area contributed by atoms with Crippen molar-refractivity contribution in [2.75, 3.05) is 13.1 Å². The van der Waals surface area contributed by atoms with Gasteiger partial charge in [0.2, 0.25) is 0 Å². The number of hydrogen-bond donors (Lipinski definition) is 1. The van der Waals surface area contributed by atoms with Crippen LogP contribution in [0, 0.1) is 0 Å². The summed E-state index contributed by atoms with van der Waals surface area (Å²) >= 11 is 0. The number of rotatable bonds is 5. The van der Waals surface area contributed by atoms with Gasteiger partial charge in [-0.15, -0.1) is 0 Å². The summed E-state index contributed by atoms with van der Waals surface area (Å²) in [6.07, 6.45) is 2.36. The molecule has 1 N–H and O–H groups in total. The van der Waals surface area contributed by atoms with Gasteiger partial charge in [0.25, 0.3) is 0 Å². The second-order valence-electron chi connectivity index (χ2n) is 5.04. The molecule has 1 atom stereocenters. The topological polar surface area (TPSA) is 12.0 Å². The second-order valence-corrected chi connectivity index (χ2v) is 5.04. The molecule has 18 heavy (non-hydrogen) atoms. The van der Waals surface area contributed by atoms with Crippen LogP contribution in [0.25, 0.3) is 0 Å². The Bertz CT molecular complexity index is 504. The highest BCUT2D eigenvalue weighted by Gasteiger charge is 2.24. The Morgan fingerprint density at radius 2 is 1.72 bits per heavy atom. The number of hydrogen-bond acceptors (Lipinski definition) is 1. The van der Waals surface area contributed by atoms with E-state index in [0.29, 0.717) is 0 Å². The smallest absolute Gasteiger partial charge is 0.00235 e. The molecule has 1 heteroatoms. The van der Waals surface area contributed by atoms with E-state index in [2.05, 4.69) is 59.9 Å². The molecule has 0 heterocycles. The lowest BCUT2D eigenvalue weighted by molar-refractivity contribution is 0.537. The molecular formula is C17H19N. The number of fused-ring (bicyclic) bond motifs is 1. The van der Waals surface area contributed by atoms with Crippen LogP contribution < -0.4 is 5.32 Å². The lowest BCUT2D eigenvalue weighted by atomic mass is 9.77. The Labute approximate surface area is 109 Å². The van der Waals surface area contributed by atoms with Gasteiger partial charge in [-0.3, -0.25) is 0 Å². The lowest BCUT2D eigenvalue weighted by Crippen LogP contribution is -2.30. The molecule has 2 aromatic carbocycles. The zero-order chi connectivity index (χ0) is 12.2. The maximum atomic E-state index is 3.58. The minimum atomic E-state index is 0.733. The van der Waals surface area contributed by atoms with Gasteiger partial charge in [-0.2, -0.15) is 0 Å². The van der Waals surface area contributed by atoms with Crippen LogP contribution in [0.1, 0.15) is 22.6 Å². The largest absolute Gasteiger partial charge is 0.316 e. The van der Waals surface area contributed by atoms with E-state index in [9.17, 15) is 0 Å². The molecule has 3 rings (SSSR count). The van der Waals surface area contributed by atoms with Crippen LogP contribution in [0.4, 0.5) is 0 Å². The normalized spacial score (nSPS) is 17.0. The van der Waals surface area contributed by atoms with Gasteiger partial charge in [-0.25, -0.2) is 0 Å². The zero-order valence-corrected chi connectivity index (χ0v) is 10.6. The van der Waals surface area contributed by atoms with Crippen LogP contribution in [0.15, 0.2) is 54.6 Å². The molecule has 0 bridgehead atoms. The minimum Gasteiger partial charge on any atom is -0.316 e. The first kappa shape index (κ1) is 11.5. The van der Waals surface area contributed by atoms with Crippen LogP contribution >= 0.6 is 0 Å². The van der Waals surface area contributed by atoms with Gasteiger partial charge in [0.15, 0.2) is 0 Å². The van der Waals surface area contributed by atoms with Crippen molar-refractivity contribution in [1.29, 1.82) is 0 Å². The third kappa shape index (κ3) is 2.46. The molecule has 0 aromatic heterocycles. The Kier molecular flexibility index (Phi) is 3.42. The van der Waals surface area contributed by atoms with Crippen LogP contribution in [0.3, 0.4) is 0 Å². The fourth-order valence-corrected chi connectivity index (χ4v) is 2.70. The molecule has 0 aliphatic heterocycles. The molecule has 0 saturated carbocycles. The van der Waals surface area contributed by atoms with Gasteiger partial charge >= 0.3 is 0 Å². The molecule has 0 fully saturated rings. The first-order valence-corrected chi connectivity index (χ1v) is 6.76. The summed E-state index contributed by atoms with van der Waals surface area (Å²) in [7, 11) is 0. The van der Waals surface area contributed by atoms with Crippen molar-refractivity contribution in [2.24, 2.45) is 0 Å². The van der Waals surface area contributed by atoms with Crippen molar-refractivity contribution >= 4 is 0 Å². The number of benzene rings is 2. The molecule has 0 spiro atoms. The van der Waals surface area contributed by atoms with Crippen molar-refractivity contribution in [3.8, 4) is 0 Å². The van der Waals surface area contributed by atoms with Crippen molar-refractivity contribution in [3.05, 3.63) is 71.3 Å². The summed E-state index contributed by atoms with van der Waals surface area (Å²) in [5, 5.41) is 3.58. The van der Waals surface area contributed by atoms with E-state index in [1.807, 2.05) is 0 Å². The lowest BCUT2D eigenvalue weighted by Gasteiger charge is -2.30. The summed E-state index contributed by atoms with van der Waals surface area (Å²) in [4.78, 5) is 0. The van der Waals surface area contributed by atoms with Crippen LogP contribution in [0.2, 0.25) is 0 Å². The monoisotopic (exact) mass is 237 g/mol. The summed E-state index contributed by atoms with van der Waals surface area (Å²) in [6, 6.07) is 19.5. The standard InChI is InChI=1S/C17H19N/c1-2-6-14(7-3-1)10-11-18-13-16-12-15-8-4-5-9-17(15)16/h1-9,16,18H,10-13H2. The van der Waals surface area contributed by atoms with Crippen LogP contribution in [0.5, 0.6) is 0 Å². The third-order valence-electron chi connectivity index (χ3n) is 3.79. The molecule has 1 aliphatic carbocycles. The van der Waals surface area contributed by atoms with E-state index < -0.39 is 0 Å². The van der Waals surface area contributed by atoms with Crippen molar-refractivity contribution < 1.29 is 0 Å². The molecule has 0 radical (unpaired) electrons. The quantitative estimate of drug-likeness (QED) is 0.788. The summed E-state index contributed by atoms with van der Waals surface area (Å²) in [5.41, 5.74) is 4.50. The fourth-order valence-electron chi connectivity index (χ4n) is 2.70. The fraction of sp³-hybridized carbons (Fsp3) is 0.294. The van der Waals surface area contributed by atoms with Gasteiger partial charge in [-0.05, 0) is 36.1 Å². The Morgan fingerprint density at radius 3 is 2.56 bits per heavy atom. The van der Waals surface area contributed by atoms with Gasteiger partial charge in [0.05, 0.1) is 0 Å². The van der Waals surface area contributed by atoms with Gasteiger partial charge < -0.3 is 5.32 Å². The molecule has 92 valence electrons. The van der Waals surface area contributed by atoms with E-state index >= 15 is 0 Å². The molecule has 0 saturated heterocycles. The van der Waals surface area contributed by atoms with Crippen LogP contribution in [-0.2, 0) is 12.8 Å². The Morgan fingerprint density at radius 1 is 0.944 bits per heavy atom. The summed E-state index contributed by atoms with van der Waals surface area (Å²) in [6.45, 7) is 2.19. The highest BCUT2D eigenvalue weighted by molar-refractivity contribution is 5.40. The number of nitrogens with one attached hydrogen (secondary N) is 1. The molecule has 1 unspecified atom stereocenters. The van der Waals surface area contributed by atoms with E-state index in [1.165, 1.54) is 17.5 Å². The minimum absolute atomic E-state index is 0.733. The first-order valence-electron chi connectivity index (χ1n) is 6.76. The zero-order valence-electron chi connectivity index (χ0n) is 10.6. The second kappa shape index (κ2) is 5.36. The maximum Gasteiger partial charge on any atom is 0.00235 e. The van der Waals surface area contributed by atoms with E-state index in [0.717, 1.165) is 25.4 Å². The van der Waals surface area contributed by atoms with E-state index in [1.54, 1.807) is 5.56 Å². The Hall–Kier alpha value is -1.60. The van der Waals surface area contributed by atoms with Gasteiger partial charge in [0.1, 0.15) is 0 Å². The molecule has 1 nitrogen and oxygen atoms in total. The van der Waals surface area contributed by atoms with Gasteiger partial charge in [0, 0.05) is 12.5 Å². The highest BCUT2D eigenvalue weighted by atomic mass is 14.9. The molecule has 1 aliphatic rings. The average Bonchev–Trinajstić information content (AvgIpc) is 2.40. The Balaban J connectivity index is 1.42. The SMILES string of the molecule is c1ccc(CCNCC2Cc3ccccc32)cc1. The molecular weight excluding hydrogens is 218 g/mol. The maximum absolute atomic E-state index is 3.58. The van der Waals surface area contributed by atoms with Crippen molar-refractivity contribution in [1.82, 2.24) is 5.32 Å². The summed E-state index contributed by atoms with van der Waals surface area (Å²) in [5.74, 6) is 0.733. The van der Waals surface area contributed by atoms with Gasteiger partial charge in [-0.1, -0.05) is 54.6 Å². The average molecular weight is 237 g/mol. The van der Waals surface area contributed by atoms with Crippen molar-refractivity contribution in [2.45, 2.75) is 18.8 Å².